The van der Waals surface area contributed by atoms with Gasteiger partial charge in [0.2, 0.25) is 10.0 Å². The number of carboxylic acid groups (broad SMARTS) is 1. The number of carboxylic acids is 1. The molecule has 1 saturated heterocycles. The van der Waals surface area contributed by atoms with Gasteiger partial charge in [-0.1, -0.05) is 0 Å². The first-order chi connectivity index (χ1) is 8.14. The molecular weight excluding hydrogens is 286 g/mol. The van der Waals surface area contributed by atoms with Crippen LogP contribution in [-0.2, 0) is 24.7 Å². The van der Waals surface area contributed by atoms with Crippen LogP contribution in [0.4, 0.5) is 0 Å². The predicted octanol–water partition coefficient (Wildman–Crippen LogP) is -2.07. The summed E-state index contributed by atoms with van der Waals surface area (Å²) in [7, 11) is -6.96. The van der Waals surface area contributed by atoms with Crippen LogP contribution in [0.2, 0.25) is 0 Å². The number of sulfonamides is 1. The van der Waals surface area contributed by atoms with Crippen molar-refractivity contribution in [3.8, 4) is 0 Å². The molecule has 3 N–H and O–H groups in total. The molecule has 0 bridgehead atoms. The zero-order chi connectivity index (χ0) is 14.0. The van der Waals surface area contributed by atoms with Gasteiger partial charge < -0.3 is 10.2 Å². The van der Waals surface area contributed by atoms with Crippen LogP contribution in [0.25, 0.3) is 0 Å². The highest BCUT2D eigenvalue weighted by atomic mass is 32.2. The van der Waals surface area contributed by atoms with Gasteiger partial charge in [-0.15, -0.1) is 0 Å². The monoisotopic (exact) mass is 301 g/mol. The molecule has 0 saturated carbocycles. The summed E-state index contributed by atoms with van der Waals surface area (Å²) in [5.41, 5.74) is 0. The van der Waals surface area contributed by atoms with E-state index in [2.05, 4.69) is 0 Å². The standard InChI is InChI=1S/C8H15NO7S2/c10-7(8(11)12)5-9-18(15,16)6-1-3-17(13,14)4-2-6/h6-7,9-10H,1-5H2,(H,11,12). The lowest BCUT2D eigenvalue weighted by molar-refractivity contribution is -0.146. The molecular formula is C8H15NO7S2. The van der Waals surface area contributed by atoms with E-state index < -0.39 is 43.7 Å². The number of aliphatic hydroxyl groups is 1. The highest BCUT2D eigenvalue weighted by Gasteiger charge is 2.33. The van der Waals surface area contributed by atoms with Crippen molar-refractivity contribution in [3.05, 3.63) is 0 Å². The van der Waals surface area contributed by atoms with Crippen LogP contribution in [0, 0.1) is 0 Å². The molecule has 0 aromatic rings. The van der Waals surface area contributed by atoms with E-state index in [1.54, 1.807) is 0 Å². The molecule has 1 unspecified atom stereocenters. The van der Waals surface area contributed by atoms with Gasteiger partial charge in [0.15, 0.2) is 6.10 Å². The third kappa shape index (κ3) is 4.19. The van der Waals surface area contributed by atoms with Gasteiger partial charge in [-0.25, -0.2) is 26.4 Å². The Bertz CT molecular complexity index is 496. The number of sulfone groups is 1. The molecule has 0 aromatic carbocycles. The summed E-state index contributed by atoms with van der Waals surface area (Å²) in [6.07, 6.45) is -1.84. The van der Waals surface area contributed by atoms with Crippen LogP contribution in [0.3, 0.4) is 0 Å². The number of rotatable bonds is 5. The lowest BCUT2D eigenvalue weighted by Gasteiger charge is -2.22. The van der Waals surface area contributed by atoms with Gasteiger partial charge in [0, 0.05) is 6.54 Å². The molecule has 0 aromatic heterocycles. The fourth-order valence-electron chi connectivity index (χ4n) is 1.58. The van der Waals surface area contributed by atoms with Crippen molar-refractivity contribution in [2.75, 3.05) is 18.1 Å². The summed E-state index contributed by atoms with van der Waals surface area (Å²) in [5.74, 6) is -1.91. The fourth-order valence-corrected chi connectivity index (χ4v) is 4.85. The van der Waals surface area contributed by atoms with Gasteiger partial charge in [0.05, 0.1) is 16.8 Å². The van der Waals surface area contributed by atoms with E-state index in [4.69, 9.17) is 10.2 Å². The molecule has 1 heterocycles. The molecule has 1 fully saturated rings. The predicted molar refractivity (Wildman–Crippen MR) is 62.2 cm³/mol. The number of hydrogen-bond donors (Lipinski definition) is 3. The van der Waals surface area contributed by atoms with Crippen molar-refractivity contribution >= 4 is 25.8 Å². The van der Waals surface area contributed by atoms with Crippen molar-refractivity contribution in [2.45, 2.75) is 24.2 Å². The summed E-state index contributed by atoms with van der Waals surface area (Å²) >= 11 is 0. The summed E-state index contributed by atoms with van der Waals surface area (Å²) in [4.78, 5) is 10.3. The van der Waals surface area contributed by atoms with Gasteiger partial charge in [0.1, 0.15) is 9.84 Å². The number of carbonyl (C=O) groups is 1. The van der Waals surface area contributed by atoms with E-state index in [1.165, 1.54) is 0 Å². The van der Waals surface area contributed by atoms with Gasteiger partial charge in [-0.3, -0.25) is 0 Å². The molecule has 0 radical (unpaired) electrons. The maximum Gasteiger partial charge on any atom is 0.333 e. The van der Waals surface area contributed by atoms with Crippen LogP contribution < -0.4 is 4.72 Å². The lowest BCUT2D eigenvalue weighted by Crippen LogP contribution is -2.43. The highest BCUT2D eigenvalue weighted by molar-refractivity contribution is 7.92. The Morgan fingerprint density at radius 3 is 2.28 bits per heavy atom. The van der Waals surface area contributed by atoms with E-state index in [9.17, 15) is 21.6 Å². The largest absolute Gasteiger partial charge is 0.479 e. The van der Waals surface area contributed by atoms with Gasteiger partial charge in [-0.2, -0.15) is 0 Å². The Kier molecular flexibility index (Phi) is 4.70. The van der Waals surface area contributed by atoms with Crippen molar-refractivity contribution in [1.29, 1.82) is 0 Å². The number of aliphatic carboxylic acids is 1. The molecule has 1 aliphatic rings. The average molecular weight is 301 g/mol. The molecule has 1 aliphatic heterocycles. The summed E-state index contributed by atoms with van der Waals surface area (Å²) in [6, 6.07) is 0. The van der Waals surface area contributed by atoms with Gasteiger partial charge in [0.25, 0.3) is 0 Å². The van der Waals surface area contributed by atoms with E-state index in [0.717, 1.165) is 0 Å². The van der Waals surface area contributed by atoms with E-state index in [1.807, 2.05) is 4.72 Å². The normalized spacial score (nSPS) is 22.5. The number of aliphatic hydroxyl groups excluding tert-OH is 1. The zero-order valence-electron chi connectivity index (χ0n) is 9.44. The van der Waals surface area contributed by atoms with Crippen LogP contribution in [0.1, 0.15) is 12.8 Å². The topological polar surface area (TPSA) is 138 Å². The average Bonchev–Trinajstić information content (AvgIpc) is 2.25. The van der Waals surface area contributed by atoms with E-state index >= 15 is 0 Å². The van der Waals surface area contributed by atoms with E-state index in [0.29, 0.717) is 0 Å². The molecule has 18 heavy (non-hydrogen) atoms. The SMILES string of the molecule is O=C(O)C(O)CNS(=O)(=O)C1CCS(=O)(=O)CC1. The molecule has 1 atom stereocenters. The van der Waals surface area contributed by atoms with Crippen molar-refractivity contribution in [3.63, 3.8) is 0 Å². The smallest absolute Gasteiger partial charge is 0.333 e. The Morgan fingerprint density at radius 1 is 1.33 bits per heavy atom. The highest BCUT2D eigenvalue weighted by Crippen LogP contribution is 2.18. The molecule has 8 nitrogen and oxygen atoms in total. The van der Waals surface area contributed by atoms with Crippen LogP contribution in [0.15, 0.2) is 0 Å². The molecule has 10 heteroatoms. The second-order valence-electron chi connectivity index (χ2n) is 4.10. The maximum absolute atomic E-state index is 11.7. The Labute approximate surface area is 105 Å². The Morgan fingerprint density at radius 2 is 1.83 bits per heavy atom. The summed E-state index contributed by atoms with van der Waals surface area (Å²) < 4.78 is 47.7. The number of hydrogen-bond acceptors (Lipinski definition) is 6. The number of nitrogens with one attached hydrogen (secondary N) is 1. The quantitative estimate of drug-likeness (QED) is 0.530. The van der Waals surface area contributed by atoms with Crippen LogP contribution in [-0.4, -0.2) is 62.4 Å². The maximum atomic E-state index is 11.7. The molecule has 0 amide bonds. The lowest BCUT2D eigenvalue weighted by atomic mass is 10.2. The second-order valence-corrected chi connectivity index (χ2v) is 8.45. The minimum absolute atomic E-state index is 0.0131. The molecule has 1 rings (SSSR count). The fraction of sp³-hybridized carbons (Fsp3) is 0.875. The minimum Gasteiger partial charge on any atom is -0.479 e. The van der Waals surface area contributed by atoms with Crippen molar-refractivity contribution in [2.24, 2.45) is 0 Å². The second kappa shape index (κ2) is 5.51. The third-order valence-electron chi connectivity index (χ3n) is 2.70. The van der Waals surface area contributed by atoms with Gasteiger partial charge in [-0.05, 0) is 12.8 Å². The summed E-state index contributed by atoms with van der Waals surface area (Å²) in [5, 5.41) is 16.5. The Balaban J connectivity index is 2.58. The first kappa shape index (κ1) is 15.3. The molecule has 106 valence electrons. The van der Waals surface area contributed by atoms with Gasteiger partial charge >= 0.3 is 5.97 Å². The van der Waals surface area contributed by atoms with Crippen molar-refractivity contribution < 1.29 is 31.8 Å². The van der Waals surface area contributed by atoms with Crippen molar-refractivity contribution in [1.82, 2.24) is 4.72 Å². The molecule has 0 spiro atoms. The molecule has 0 aliphatic carbocycles. The first-order valence-electron chi connectivity index (χ1n) is 5.24. The first-order valence-corrected chi connectivity index (χ1v) is 8.60. The van der Waals surface area contributed by atoms with Crippen LogP contribution in [0.5, 0.6) is 0 Å². The minimum atomic E-state index is -3.80. The summed E-state index contributed by atoms with van der Waals surface area (Å²) in [6.45, 7) is -0.624. The van der Waals surface area contributed by atoms with Crippen LogP contribution >= 0.6 is 0 Å². The third-order valence-corrected chi connectivity index (χ3v) is 6.34. The Hall–Kier alpha value is -0.710. The van der Waals surface area contributed by atoms with E-state index in [-0.39, 0.29) is 24.3 Å². The zero-order valence-corrected chi connectivity index (χ0v) is 11.1.